The lowest BCUT2D eigenvalue weighted by Gasteiger charge is -2.35. The molecular formula is C14H15ClN2O3S2. The number of piperazine rings is 1. The number of hydrogen-bond donors (Lipinski definition) is 1. The van der Waals surface area contributed by atoms with Crippen molar-refractivity contribution < 1.29 is 13.5 Å². The SMILES string of the molecule is O=S(=O)(c1ccc(Cl)s1)N1CCN(c2ccccc2O)CC1. The third-order valence-corrected chi connectivity index (χ3v) is 7.20. The molecule has 0 bridgehead atoms. The molecule has 1 saturated heterocycles. The molecule has 0 spiro atoms. The second-order valence-corrected chi connectivity index (χ2v) is 8.82. The van der Waals surface area contributed by atoms with E-state index < -0.39 is 10.0 Å². The number of benzene rings is 1. The van der Waals surface area contributed by atoms with E-state index in [1.54, 1.807) is 18.2 Å². The van der Waals surface area contributed by atoms with Gasteiger partial charge < -0.3 is 10.0 Å². The number of hydrogen-bond acceptors (Lipinski definition) is 5. The maximum absolute atomic E-state index is 12.5. The van der Waals surface area contributed by atoms with E-state index >= 15 is 0 Å². The summed E-state index contributed by atoms with van der Waals surface area (Å²) in [5.41, 5.74) is 0.735. The van der Waals surface area contributed by atoms with Crippen LogP contribution in [0.25, 0.3) is 0 Å². The molecule has 1 N–H and O–H groups in total. The Morgan fingerprint density at radius 1 is 1.05 bits per heavy atom. The predicted molar refractivity (Wildman–Crippen MR) is 88.4 cm³/mol. The Morgan fingerprint density at radius 3 is 2.32 bits per heavy atom. The van der Waals surface area contributed by atoms with E-state index in [1.807, 2.05) is 17.0 Å². The van der Waals surface area contributed by atoms with Crippen molar-refractivity contribution >= 4 is 38.6 Å². The molecule has 0 amide bonds. The van der Waals surface area contributed by atoms with Crippen LogP contribution in [0.15, 0.2) is 40.6 Å². The van der Waals surface area contributed by atoms with Crippen LogP contribution >= 0.6 is 22.9 Å². The van der Waals surface area contributed by atoms with Crippen LogP contribution in [0.4, 0.5) is 5.69 Å². The van der Waals surface area contributed by atoms with Crippen LogP contribution in [0.2, 0.25) is 4.34 Å². The third-order valence-electron chi connectivity index (χ3n) is 3.60. The van der Waals surface area contributed by atoms with Crippen molar-refractivity contribution in [3.8, 4) is 5.75 Å². The van der Waals surface area contributed by atoms with Gasteiger partial charge in [0.15, 0.2) is 0 Å². The predicted octanol–water partition coefficient (Wildman–Crippen LogP) is 2.62. The van der Waals surface area contributed by atoms with Gasteiger partial charge in [-0.05, 0) is 24.3 Å². The average molecular weight is 359 g/mol. The van der Waals surface area contributed by atoms with E-state index in [0.29, 0.717) is 30.5 Å². The van der Waals surface area contributed by atoms with Crippen molar-refractivity contribution in [2.45, 2.75) is 4.21 Å². The Kier molecular flexibility index (Phi) is 4.31. The van der Waals surface area contributed by atoms with Crippen molar-refractivity contribution in [1.82, 2.24) is 4.31 Å². The second-order valence-electron chi connectivity index (χ2n) is 4.94. The van der Waals surface area contributed by atoms with E-state index in [0.717, 1.165) is 17.0 Å². The molecule has 1 aliphatic rings. The first-order chi connectivity index (χ1) is 10.5. The fourth-order valence-electron chi connectivity index (χ4n) is 2.46. The standard InChI is InChI=1S/C14H15ClN2O3S2/c15-13-5-6-14(21-13)22(19,20)17-9-7-16(8-10-17)11-3-1-2-4-12(11)18/h1-6,18H,7-10H2. The lowest BCUT2D eigenvalue weighted by molar-refractivity contribution is 0.383. The number of aromatic hydroxyl groups is 1. The Morgan fingerprint density at radius 2 is 1.73 bits per heavy atom. The van der Waals surface area contributed by atoms with Crippen molar-refractivity contribution in [2.75, 3.05) is 31.1 Å². The lowest BCUT2D eigenvalue weighted by Crippen LogP contribution is -2.48. The fraction of sp³-hybridized carbons (Fsp3) is 0.286. The van der Waals surface area contributed by atoms with Gasteiger partial charge in [-0.1, -0.05) is 23.7 Å². The van der Waals surface area contributed by atoms with E-state index in [1.165, 1.54) is 10.4 Å². The third kappa shape index (κ3) is 2.94. The number of rotatable bonds is 3. The topological polar surface area (TPSA) is 60.9 Å². The summed E-state index contributed by atoms with van der Waals surface area (Å²) in [6.45, 7) is 1.84. The summed E-state index contributed by atoms with van der Waals surface area (Å²) in [7, 11) is -3.48. The highest BCUT2D eigenvalue weighted by atomic mass is 35.5. The second kappa shape index (κ2) is 6.08. The number of para-hydroxylation sites is 2. The van der Waals surface area contributed by atoms with Crippen LogP contribution in [0, 0.1) is 0 Å². The van der Waals surface area contributed by atoms with Crippen molar-refractivity contribution in [3.05, 3.63) is 40.7 Å². The lowest BCUT2D eigenvalue weighted by atomic mass is 10.2. The molecule has 0 atom stereocenters. The minimum absolute atomic E-state index is 0.212. The Labute approximate surface area is 138 Å². The zero-order valence-corrected chi connectivity index (χ0v) is 14.0. The largest absolute Gasteiger partial charge is 0.506 e. The highest BCUT2D eigenvalue weighted by Gasteiger charge is 2.30. The fourth-order valence-corrected chi connectivity index (χ4v) is 5.52. The molecule has 0 radical (unpaired) electrons. The van der Waals surface area contributed by atoms with Crippen LogP contribution in [0.1, 0.15) is 0 Å². The van der Waals surface area contributed by atoms with E-state index in [2.05, 4.69) is 0 Å². The quantitative estimate of drug-likeness (QED) is 0.916. The first-order valence-electron chi connectivity index (χ1n) is 6.77. The number of anilines is 1. The smallest absolute Gasteiger partial charge is 0.252 e. The maximum Gasteiger partial charge on any atom is 0.252 e. The van der Waals surface area contributed by atoms with Gasteiger partial charge in [0.25, 0.3) is 10.0 Å². The summed E-state index contributed by atoms with van der Waals surface area (Å²) in [4.78, 5) is 1.99. The Bertz CT molecular complexity index is 768. The van der Waals surface area contributed by atoms with E-state index in [4.69, 9.17) is 11.6 Å². The molecule has 1 aliphatic heterocycles. The molecule has 0 saturated carbocycles. The molecule has 22 heavy (non-hydrogen) atoms. The molecule has 2 heterocycles. The van der Waals surface area contributed by atoms with Crippen molar-refractivity contribution in [1.29, 1.82) is 0 Å². The van der Waals surface area contributed by atoms with Crippen LogP contribution < -0.4 is 4.90 Å². The normalized spacial score (nSPS) is 16.9. The molecule has 1 aromatic carbocycles. The molecule has 118 valence electrons. The molecule has 2 aromatic rings. The van der Waals surface area contributed by atoms with Crippen LogP contribution in [-0.4, -0.2) is 44.0 Å². The zero-order valence-electron chi connectivity index (χ0n) is 11.6. The van der Waals surface area contributed by atoms with Gasteiger partial charge >= 0.3 is 0 Å². The monoisotopic (exact) mass is 358 g/mol. The highest BCUT2D eigenvalue weighted by molar-refractivity contribution is 7.91. The Balaban J connectivity index is 1.73. The first kappa shape index (κ1) is 15.6. The first-order valence-corrected chi connectivity index (χ1v) is 9.40. The molecule has 3 rings (SSSR count). The van der Waals surface area contributed by atoms with Gasteiger partial charge in [-0.2, -0.15) is 4.31 Å². The summed E-state index contributed by atoms with van der Waals surface area (Å²) in [6.07, 6.45) is 0. The molecule has 0 unspecified atom stereocenters. The number of phenols is 1. The molecule has 1 fully saturated rings. The van der Waals surface area contributed by atoms with Gasteiger partial charge in [0.1, 0.15) is 9.96 Å². The molecule has 1 aromatic heterocycles. The maximum atomic E-state index is 12.5. The van der Waals surface area contributed by atoms with Gasteiger partial charge in [0.05, 0.1) is 10.0 Å². The minimum atomic E-state index is -3.48. The van der Waals surface area contributed by atoms with Crippen LogP contribution in [0.5, 0.6) is 5.75 Å². The molecule has 8 heteroatoms. The summed E-state index contributed by atoms with van der Waals surface area (Å²) in [5, 5.41) is 9.88. The summed E-state index contributed by atoms with van der Waals surface area (Å²) in [6, 6.07) is 10.2. The van der Waals surface area contributed by atoms with Crippen LogP contribution in [-0.2, 0) is 10.0 Å². The average Bonchev–Trinajstić information content (AvgIpc) is 2.95. The van der Waals surface area contributed by atoms with Gasteiger partial charge in [-0.15, -0.1) is 11.3 Å². The molecule has 0 aliphatic carbocycles. The van der Waals surface area contributed by atoms with Crippen molar-refractivity contribution in [2.24, 2.45) is 0 Å². The summed E-state index contributed by atoms with van der Waals surface area (Å²) in [5.74, 6) is 0.212. The van der Waals surface area contributed by atoms with Gasteiger partial charge in [0, 0.05) is 26.2 Å². The molecular weight excluding hydrogens is 344 g/mol. The van der Waals surface area contributed by atoms with Gasteiger partial charge in [-0.3, -0.25) is 0 Å². The number of nitrogens with zero attached hydrogens (tertiary/aromatic N) is 2. The molecule has 5 nitrogen and oxygen atoms in total. The van der Waals surface area contributed by atoms with E-state index in [9.17, 15) is 13.5 Å². The van der Waals surface area contributed by atoms with Gasteiger partial charge in [0.2, 0.25) is 0 Å². The summed E-state index contributed by atoms with van der Waals surface area (Å²) < 4.78 is 27.2. The number of sulfonamides is 1. The number of phenolic OH excluding ortho intramolecular Hbond substituents is 1. The summed E-state index contributed by atoms with van der Waals surface area (Å²) >= 11 is 6.90. The van der Waals surface area contributed by atoms with Crippen molar-refractivity contribution in [3.63, 3.8) is 0 Å². The van der Waals surface area contributed by atoms with Gasteiger partial charge in [-0.25, -0.2) is 8.42 Å². The minimum Gasteiger partial charge on any atom is -0.506 e. The van der Waals surface area contributed by atoms with Crippen LogP contribution in [0.3, 0.4) is 0 Å². The number of thiophene rings is 1. The number of halogens is 1. The zero-order chi connectivity index (χ0) is 15.7. The highest BCUT2D eigenvalue weighted by Crippen LogP contribution is 2.31. The Hall–Kier alpha value is -1.28. The van der Waals surface area contributed by atoms with E-state index in [-0.39, 0.29) is 9.96 Å².